The molecule has 0 spiro atoms. The molecule has 0 aliphatic carbocycles. The van der Waals surface area contributed by atoms with E-state index in [2.05, 4.69) is 15.3 Å². The van der Waals surface area contributed by atoms with Crippen LogP contribution in [0, 0.1) is 5.82 Å². The van der Waals surface area contributed by atoms with E-state index in [4.69, 9.17) is 5.73 Å². The van der Waals surface area contributed by atoms with E-state index in [9.17, 15) is 14.3 Å². The van der Waals surface area contributed by atoms with Crippen LogP contribution in [0.5, 0.6) is 0 Å². The Morgan fingerprint density at radius 3 is 3.00 bits per heavy atom. The lowest BCUT2D eigenvalue weighted by Crippen LogP contribution is -2.43. The molecule has 2 aromatic rings. The Kier molecular flexibility index (Phi) is 4.18. The third-order valence-corrected chi connectivity index (χ3v) is 4.21. The SMILES string of the molecule is CC(C)(O)C(=O)Nc1c[nH]c2ncc(F)c(N3CCC[C@@H](N)C3)c12. The van der Waals surface area contributed by atoms with Crippen molar-refractivity contribution in [1.82, 2.24) is 9.97 Å². The number of piperidine rings is 1. The fourth-order valence-electron chi connectivity index (χ4n) is 2.95. The maximum Gasteiger partial charge on any atom is 0.255 e. The molecule has 3 rings (SSSR count). The number of fused-ring (bicyclic) bond motifs is 1. The quantitative estimate of drug-likeness (QED) is 0.677. The summed E-state index contributed by atoms with van der Waals surface area (Å²) in [5, 5.41) is 13.0. The van der Waals surface area contributed by atoms with E-state index in [-0.39, 0.29) is 6.04 Å². The number of pyridine rings is 1. The van der Waals surface area contributed by atoms with Crippen molar-refractivity contribution in [3.05, 3.63) is 18.2 Å². The minimum Gasteiger partial charge on any atom is -0.381 e. The average Bonchev–Trinajstić information content (AvgIpc) is 2.89. The minimum atomic E-state index is -1.54. The molecule has 2 aromatic heterocycles. The lowest BCUT2D eigenvalue weighted by molar-refractivity contribution is -0.130. The molecule has 3 heterocycles. The molecule has 1 amide bonds. The number of nitrogens with zero attached hydrogens (tertiary/aromatic N) is 2. The molecule has 1 aliphatic heterocycles. The van der Waals surface area contributed by atoms with Gasteiger partial charge >= 0.3 is 0 Å². The molecule has 1 atom stereocenters. The molecule has 7 nitrogen and oxygen atoms in total. The zero-order valence-electron chi connectivity index (χ0n) is 13.8. The van der Waals surface area contributed by atoms with Crippen molar-refractivity contribution in [2.45, 2.75) is 38.3 Å². The first kappa shape index (κ1) is 16.7. The van der Waals surface area contributed by atoms with Crippen LogP contribution in [0.4, 0.5) is 15.8 Å². The number of aromatic nitrogens is 2. The summed E-state index contributed by atoms with van der Waals surface area (Å²) in [5.74, 6) is -1.04. The first-order valence-corrected chi connectivity index (χ1v) is 7.97. The van der Waals surface area contributed by atoms with Gasteiger partial charge in [-0.1, -0.05) is 0 Å². The number of aliphatic hydroxyl groups is 1. The van der Waals surface area contributed by atoms with Gasteiger partial charge in [0.15, 0.2) is 5.82 Å². The number of H-pyrrole nitrogens is 1. The molecule has 5 N–H and O–H groups in total. The molecular weight excluding hydrogens is 313 g/mol. The summed E-state index contributed by atoms with van der Waals surface area (Å²) in [6, 6.07) is -0.0188. The zero-order chi connectivity index (χ0) is 17.5. The van der Waals surface area contributed by atoms with Crippen LogP contribution in [0.25, 0.3) is 11.0 Å². The molecule has 24 heavy (non-hydrogen) atoms. The highest BCUT2D eigenvalue weighted by Crippen LogP contribution is 2.35. The van der Waals surface area contributed by atoms with Gasteiger partial charge in [-0.3, -0.25) is 4.79 Å². The highest BCUT2D eigenvalue weighted by molar-refractivity contribution is 6.08. The Morgan fingerprint density at radius 1 is 1.58 bits per heavy atom. The van der Waals surface area contributed by atoms with Gasteiger partial charge in [0, 0.05) is 25.3 Å². The topological polar surface area (TPSA) is 107 Å². The number of amides is 1. The molecule has 0 radical (unpaired) electrons. The highest BCUT2D eigenvalue weighted by atomic mass is 19.1. The number of anilines is 2. The Bertz CT molecular complexity index is 768. The maximum absolute atomic E-state index is 14.5. The Balaban J connectivity index is 2.06. The van der Waals surface area contributed by atoms with E-state index in [1.54, 1.807) is 6.20 Å². The van der Waals surface area contributed by atoms with Gasteiger partial charge in [0.25, 0.3) is 5.91 Å². The summed E-state index contributed by atoms with van der Waals surface area (Å²) in [7, 11) is 0. The standard InChI is InChI=1S/C16H22FN5O2/c1-16(2,24)15(23)21-11-7-20-14-12(11)13(10(17)6-19-14)22-5-3-4-9(18)8-22/h6-7,9,24H,3-5,8,18H2,1-2H3,(H,19,20)(H,21,23)/t9-/m1/s1. The zero-order valence-corrected chi connectivity index (χ0v) is 13.8. The largest absolute Gasteiger partial charge is 0.381 e. The molecule has 130 valence electrons. The number of nitrogens with one attached hydrogen (secondary N) is 2. The van der Waals surface area contributed by atoms with E-state index < -0.39 is 17.3 Å². The van der Waals surface area contributed by atoms with Gasteiger partial charge in [-0.25, -0.2) is 9.37 Å². The monoisotopic (exact) mass is 335 g/mol. The summed E-state index contributed by atoms with van der Waals surface area (Å²) in [6.07, 6.45) is 4.49. The maximum atomic E-state index is 14.5. The van der Waals surface area contributed by atoms with Crippen LogP contribution in [0.3, 0.4) is 0 Å². The highest BCUT2D eigenvalue weighted by Gasteiger charge is 2.28. The van der Waals surface area contributed by atoms with Crippen LogP contribution in [0.15, 0.2) is 12.4 Å². The summed E-state index contributed by atoms with van der Waals surface area (Å²) in [5.41, 5.74) is 5.71. The van der Waals surface area contributed by atoms with Gasteiger partial charge in [0.2, 0.25) is 0 Å². The number of halogens is 1. The molecule has 8 heteroatoms. The molecule has 0 saturated carbocycles. The van der Waals surface area contributed by atoms with Crippen LogP contribution in [0.2, 0.25) is 0 Å². The predicted molar refractivity (Wildman–Crippen MR) is 90.4 cm³/mol. The van der Waals surface area contributed by atoms with E-state index in [1.807, 2.05) is 4.90 Å². The van der Waals surface area contributed by atoms with Crippen molar-refractivity contribution in [1.29, 1.82) is 0 Å². The number of carbonyl (C=O) groups excluding carboxylic acids is 1. The first-order valence-electron chi connectivity index (χ1n) is 7.97. The van der Waals surface area contributed by atoms with Crippen molar-refractivity contribution in [3.63, 3.8) is 0 Å². The lowest BCUT2D eigenvalue weighted by atomic mass is 10.0. The third-order valence-electron chi connectivity index (χ3n) is 4.21. The number of hydrogen-bond acceptors (Lipinski definition) is 5. The molecule has 0 aromatic carbocycles. The van der Waals surface area contributed by atoms with Gasteiger partial charge < -0.3 is 26.0 Å². The first-order chi connectivity index (χ1) is 11.3. The number of hydrogen-bond donors (Lipinski definition) is 4. The summed E-state index contributed by atoms with van der Waals surface area (Å²) in [4.78, 5) is 20.9. The molecule has 0 unspecified atom stereocenters. The second kappa shape index (κ2) is 6.03. The Morgan fingerprint density at radius 2 is 2.33 bits per heavy atom. The summed E-state index contributed by atoms with van der Waals surface area (Å²) < 4.78 is 14.5. The van der Waals surface area contributed by atoms with Crippen molar-refractivity contribution >= 4 is 28.3 Å². The fraction of sp³-hybridized carbons (Fsp3) is 0.500. The van der Waals surface area contributed by atoms with E-state index in [1.165, 1.54) is 13.8 Å². The van der Waals surface area contributed by atoms with Crippen molar-refractivity contribution < 1.29 is 14.3 Å². The number of rotatable bonds is 3. The normalized spacial score (nSPS) is 18.9. The number of carbonyl (C=O) groups is 1. The van der Waals surface area contributed by atoms with Crippen molar-refractivity contribution in [2.75, 3.05) is 23.3 Å². The van der Waals surface area contributed by atoms with Gasteiger partial charge in [0.1, 0.15) is 11.2 Å². The summed E-state index contributed by atoms with van der Waals surface area (Å²) >= 11 is 0. The minimum absolute atomic E-state index is 0.0188. The Labute approximate surface area is 139 Å². The fourth-order valence-corrected chi connectivity index (χ4v) is 2.95. The van der Waals surface area contributed by atoms with Crippen molar-refractivity contribution in [2.24, 2.45) is 5.73 Å². The molecule has 1 aliphatic rings. The van der Waals surface area contributed by atoms with Gasteiger partial charge in [-0.05, 0) is 26.7 Å². The van der Waals surface area contributed by atoms with E-state index in [0.29, 0.717) is 35.5 Å². The Hall–Kier alpha value is -2.19. The smallest absolute Gasteiger partial charge is 0.255 e. The van der Waals surface area contributed by atoms with E-state index >= 15 is 0 Å². The number of nitrogens with two attached hydrogens (primary N) is 1. The number of aromatic amines is 1. The lowest BCUT2D eigenvalue weighted by Gasteiger charge is -2.33. The second-order valence-electron chi connectivity index (χ2n) is 6.74. The average molecular weight is 335 g/mol. The van der Waals surface area contributed by atoms with Crippen molar-refractivity contribution in [3.8, 4) is 0 Å². The molecule has 0 bridgehead atoms. The molecule has 1 fully saturated rings. The molecule has 1 saturated heterocycles. The van der Waals surface area contributed by atoms with Crippen LogP contribution < -0.4 is 16.0 Å². The van der Waals surface area contributed by atoms with Gasteiger partial charge in [-0.15, -0.1) is 0 Å². The van der Waals surface area contributed by atoms with Crippen LogP contribution >= 0.6 is 0 Å². The third kappa shape index (κ3) is 3.07. The van der Waals surface area contributed by atoms with Gasteiger partial charge in [-0.2, -0.15) is 0 Å². The molecular formula is C16H22FN5O2. The van der Waals surface area contributed by atoms with Crippen LogP contribution in [-0.4, -0.2) is 45.7 Å². The van der Waals surface area contributed by atoms with Gasteiger partial charge in [0.05, 0.1) is 23.0 Å². The van der Waals surface area contributed by atoms with Crippen LogP contribution in [0.1, 0.15) is 26.7 Å². The van der Waals surface area contributed by atoms with Crippen LogP contribution in [-0.2, 0) is 4.79 Å². The summed E-state index contributed by atoms with van der Waals surface area (Å²) in [6.45, 7) is 4.01. The second-order valence-corrected chi connectivity index (χ2v) is 6.74. The predicted octanol–water partition coefficient (Wildman–Crippen LogP) is 1.34. The van der Waals surface area contributed by atoms with E-state index in [0.717, 1.165) is 19.0 Å².